The molecule has 0 spiro atoms. The van der Waals surface area contributed by atoms with Crippen LogP contribution in [0.4, 0.5) is 0 Å². The summed E-state index contributed by atoms with van der Waals surface area (Å²) in [6, 6.07) is 0. The molecule has 0 unspecified atom stereocenters. The van der Waals surface area contributed by atoms with E-state index in [0.717, 1.165) is 0 Å². The van der Waals surface area contributed by atoms with Gasteiger partial charge in [-0.25, -0.2) is 0 Å². The van der Waals surface area contributed by atoms with Gasteiger partial charge < -0.3 is 0 Å². The maximum Gasteiger partial charge on any atom is -0.0170 e. The summed E-state index contributed by atoms with van der Waals surface area (Å²) >= 11 is 0. The van der Waals surface area contributed by atoms with Crippen LogP contribution in [0.25, 0.3) is 0 Å². The molecule has 19 heavy (non-hydrogen) atoms. The first-order valence-corrected chi connectivity index (χ1v) is 7.89. The number of hydrogen-bond donors (Lipinski definition) is 0. The molecule has 0 aliphatic heterocycles. The third-order valence-corrected chi connectivity index (χ3v) is 3.86. The molecule has 0 saturated carbocycles. The SMILES string of the molecule is CCC(C)(C)CC(C)(C)C=CC(C)(C)CC(C)(C)C. The Labute approximate surface area is 123 Å². The van der Waals surface area contributed by atoms with E-state index in [4.69, 9.17) is 0 Å². The van der Waals surface area contributed by atoms with E-state index in [1.165, 1.54) is 19.3 Å². The Morgan fingerprint density at radius 2 is 1.00 bits per heavy atom. The Bertz CT molecular complexity index is 294. The normalized spacial score (nSPS) is 15.3. The van der Waals surface area contributed by atoms with Crippen LogP contribution in [-0.2, 0) is 0 Å². The summed E-state index contributed by atoms with van der Waals surface area (Å²) in [5.74, 6) is 0. The molecule has 0 fully saturated rings. The third kappa shape index (κ3) is 9.30. The van der Waals surface area contributed by atoms with Crippen LogP contribution in [-0.4, -0.2) is 0 Å². The van der Waals surface area contributed by atoms with Crippen LogP contribution in [0.5, 0.6) is 0 Å². The summed E-state index contributed by atoms with van der Waals surface area (Å²) in [6.45, 7) is 23.5. The highest BCUT2D eigenvalue weighted by molar-refractivity contribution is 5.03. The van der Waals surface area contributed by atoms with Gasteiger partial charge in [-0.2, -0.15) is 0 Å². The molecule has 0 atom stereocenters. The molecule has 0 nitrogen and oxygen atoms in total. The van der Waals surface area contributed by atoms with Gasteiger partial charge in [0.2, 0.25) is 0 Å². The van der Waals surface area contributed by atoms with Crippen molar-refractivity contribution in [2.75, 3.05) is 0 Å². The quantitative estimate of drug-likeness (QED) is 0.461. The molecule has 0 N–H and O–H groups in total. The summed E-state index contributed by atoms with van der Waals surface area (Å²) < 4.78 is 0. The highest BCUT2D eigenvalue weighted by Crippen LogP contribution is 2.39. The van der Waals surface area contributed by atoms with Gasteiger partial charge in [-0.05, 0) is 34.5 Å². The molecule has 0 amide bonds. The van der Waals surface area contributed by atoms with Crippen LogP contribution in [0.1, 0.15) is 88.5 Å². The first-order chi connectivity index (χ1) is 8.18. The largest absolute Gasteiger partial charge is 0.0823 e. The van der Waals surface area contributed by atoms with Crippen LogP contribution in [0.2, 0.25) is 0 Å². The second-order valence-corrected chi connectivity index (χ2v) is 9.74. The average molecular weight is 267 g/mol. The molecular formula is C19H38. The van der Waals surface area contributed by atoms with Crippen LogP contribution >= 0.6 is 0 Å². The predicted molar refractivity (Wildman–Crippen MR) is 89.5 cm³/mol. The van der Waals surface area contributed by atoms with E-state index in [-0.39, 0.29) is 10.8 Å². The van der Waals surface area contributed by atoms with Crippen molar-refractivity contribution in [3.8, 4) is 0 Å². The van der Waals surface area contributed by atoms with Crippen molar-refractivity contribution in [3.63, 3.8) is 0 Å². The molecule has 0 radical (unpaired) electrons. The fourth-order valence-electron chi connectivity index (χ4n) is 3.29. The first kappa shape index (κ1) is 18.7. The zero-order valence-corrected chi connectivity index (χ0v) is 15.3. The lowest BCUT2D eigenvalue weighted by Gasteiger charge is -2.34. The molecular weight excluding hydrogens is 228 g/mol. The molecule has 0 heterocycles. The van der Waals surface area contributed by atoms with E-state index in [1.54, 1.807) is 0 Å². The van der Waals surface area contributed by atoms with Crippen molar-refractivity contribution < 1.29 is 0 Å². The van der Waals surface area contributed by atoms with E-state index in [1.807, 2.05) is 0 Å². The third-order valence-electron chi connectivity index (χ3n) is 3.86. The maximum absolute atomic E-state index is 2.45. The second kappa shape index (κ2) is 6.02. The molecule has 0 heteroatoms. The van der Waals surface area contributed by atoms with Crippen molar-refractivity contribution in [1.82, 2.24) is 0 Å². The Morgan fingerprint density at radius 3 is 1.32 bits per heavy atom. The second-order valence-electron chi connectivity index (χ2n) is 9.74. The minimum absolute atomic E-state index is 0.284. The van der Waals surface area contributed by atoms with E-state index in [0.29, 0.717) is 10.8 Å². The monoisotopic (exact) mass is 266 g/mol. The summed E-state index contributed by atoms with van der Waals surface area (Å²) in [7, 11) is 0. The molecule has 0 aliphatic rings. The minimum atomic E-state index is 0.284. The van der Waals surface area contributed by atoms with Gasteiger partial charge in [-0.1, -0.05) is 87.8 Å². The van der Waals surface area contributed by atoms with E-state index in [9.17, 15) is 0 Å². The smallest absolute Gasteiger partial charge is 0.0170 e. The van der Waals surface area contributed by atoms with Gasteiger partial charge in [-0.15, -0.1) is 0 Å². The van der Waals surface area contributed by atoms with Gasteiger partial charge in [0.25, 0.3) is 0 Å². The van der Waals surface area contributed by atoms with E-state index < -0.39 is 0 Å². The predicted octanol–water partition coefficient (Wildman–Crippen LogP) is 6.86. The standard InChI is InChI=1S/C19H38/c1-11-17(5,6)15-19(9,10)13-12-18(7,8)14-16(2,3)4/h12-13H,11,14-15H2,1-10H3. The molecule has 114 valence electrons. The molecule has 0 aromatic heterocycles. The summed E-state index contributed by atoms with van der Waals surface area (Å²) in [5, 5.41) is 0. The van der Waals surface area contributed by atoms with Gasteiger partial charge in [-0.3, -0.25) is 0 Å². The number of rotatable bonds is 6. The summed E-state index contributed by atoms with van der Waals surface area (Å²) in [6.07, 6.45) is 8.62. The Hall–Kier alpha value is -0.260. The maximum atomic E-state index is 2.45. The topological polar surface area (TPSA) is 0 Å². The van der Waals surface area contributed by atoms with Crippen molar-refractivity contribution in [1.29, 1.82) is 0 Å². The lowest BCUT2D eigenvalue weighted by molar-refractivity contribution is 0.224. The van der Waals surface area contributed by atoms with Crippen LogP contribution < -0.4 is 0 Å². The highest BCUT2D eigenvalue weighted by atomic mass is 14.3. The summed E-state index contributed by atoms with van der Waals surface area (Å²) in [4.78, 5) is 0. The lowest BCUT2D eigenvalue weighted by atomic mass is 9.71. The van der Waals surface area contributed by atoms with E-state index >= 15 is 0 Å². The Morgan fingerprint density at radius 1 is 0.632 bits per heavy atom. The van der Waals surface area contributed by atoms with Crippen molar-refractivity contribution in [2.24, 2.45) is 21.7 Å². The van der Waals surface area contributed by atoms with Gasteiger partial charge in [0, 0.05) is 0 Å². The van der Waals surface area contributed by atoms with Gasteiger partial charge in [0.05, 0.1) is 0 Å². The van der Waals surface area contributed by atoms with Crippen LogP contribution in [0.15, 0.2) is 12.2 Å². The molecule has 0 aromatic rings. The minimum Gasteiger partial charge on any atom is -0.0823 e. The first-order valence-electron chi connectivity index (χ1n) is 7.89. The number of allylic oxidation sites excluding steroid dienone is 2. The molecule has 0 aromatic carbocycles. The van der Waals surface area contributed by atoms with Gasteiger partial charge in [0.15, 0.2) is 0 Å². The lowest BCUT2D eigenvalue weighted by Crippen LogP contribution is -2.23. The molecule has 0 bridgehead atoms. The van der Waals surface area contributed by atoms with Crippen molar-refractivity contribution in [3.05, 3.63) is 12.2 Å². The van der Waals surface area contributed by atoms with Gasteiger partial charge >= 0.3 is 0 Å². The van der Waals surface area contributed by atoms with E-state index in [2.05, 4.69) is 81.4 Å². The van der Waals surface area contributed by atoms with Gasteiger partial charge in [0.1, 0.15) is 0 Å². The zero-order valence-electron chi connectivity index (χ0n) is 15.3. The molecule has 0 saturated heterocycles. The molecule has 0 rings (SSSR count). The van der Waals surface area contributed by atoms with Crippen molar-refractivity contribution >= 4 is 0 Å². The fraction of sp³-hybridized carbons (Fsp3) is 0.895. The fourth-order valence-corrected chi connectivity index (χ4v) is 3.29. The van der Waals surface area contributed by atoms with Crippen LogP contribution in [0, 0.1) is 21.7 Å². The highest BCUT2D eigenvalue weighted by Gasteiger charge is 2.27. The Balaban J connectivity index is 4.77. The number of hydrogen-bond acceptors (Lipinski definition) is 0. The van der Waals surface area contributed by atoms with Crippen molar-refractivity contribution in [2.45, 2.75) is 88.5 Å². The average Bonchev–Trinajstić information content (AvgIpc) is 2.10. The van der Waals surface area contributed by atoms with Crippen LogP contribution in [0.3, 0.4) is 0 Å². The zero-order chi connectivity index (χ0) is 15.5. The Kier molecular flexibility index (Phi) is 5.94. The summed E-state index contributed by atoms with van der Waals surface area (Å²) in [5.41, 5.74) is 1.39. The molecule has 0 aliphatic carbocycles.